The summed E-state index contributed by atoms with van der Waals surface area (Å²) < 4.78 is 0. The fraction of sp³-hybridized carbons (Fsp3) is 0.286. The van der Waals surface area contributed by atoms with E-state index in [4.69, 9.17) is 23.8 Å². The van der Waals surface area contributed by atoms with Gasteiger partial charge in [-0.25, -0.2) is 0 Å². The van der Waals surface area contributed by atoms with Crippen molar-refractivity contribution in [2.75, 3.05) is 4.90 Å². The van der Waals surface area contributed by atoms with Crippen LogP contribution >= 0.6 is 23.8 Å². The molecule has 0 unspecified atom stereocenters. The highest BCUT2D eigenvalue weighted by atomic mass is 35.5. The summed E-state index contributed by atoms with van der Waals surface area (Å²) in [5, 5.41) is 3.17. The Morgan fingerprint density at radius 3 is 2.57 bits per heavy atom. The maximum Gasteiger partial charge on any atom is 0.251 e. The highest BCUT2D eigenvalue weighted by Gasteiger charge is 2.38. The topological polar surface area (TPSA) is 61.8 Å². The van der Waals surface area contributed by atoms with Gasteiger partial charge in [-0.3, -0.25) is 19.5 Å². The highest BCUT2D eigenvalue weighted by Crippen LogP contribution is 2.25. The number of hydrogen-bond donors (Lipinski definition) is 1. The summed E-state index contributed by atoms with van der Waals surface area (Å²) in [6.07, 6.45) is 3.46. The van der Waals surface area contributed by atoms with E-state index in [9.17, 15) is 9.59 Å². The van der Waals surface area contributed by atoms with Crippen molar-refractivity contribution in [1.82, 2.24) is 5.32 Å². The SMILES string of the molecule is O=C1NC(=S)N(c2ccc(Cl)cc2)C(=O)[C@@H]1C=NC1CC1. The molecule has 0 aromatic heterocycles. The van der Waals surface area contributed by atoms with Gasteiger partial charge >= 0.3 is 0 Å². The van der Waals surface area contributed by atoms with E-state index in [1.165, 1.54) is 11.1 Å². The average Bonchev–Trinajstić information content (AvgIpc) is 3.24. The molecule has 1 aromatic rings. The Morgan fingerprint density at radius 1 is 1.29 bits per heavy atom. The largest absolute Gasteiger partial charge is 0.301 e. The van der Waals surface area contributed by atoms with Crippen LogP contribution < -0.4 is 10.2 Å². The molecular weight excluding hydrogens is 310 g/mol. The molecule has 0 radical (unpaired) electrons. The summed E-state index contributed by atoms with van der Waals surface area (Å²) in [6, 6.07) is 6.94. The number of aliphatic imine (C=N–C) groups is 1. The lowest BCUT2D eigenvalue weighted by atomic mass is 10.1. The molecule has 1 atom stereocenters. The van der Waals surface area contributed by atoms with Crippen molar-refractivity contribution in [2.45, 2.75) is 18.9 Å². The zero-order chi connectivity index (χ0) is 15.0. The van der Waals surface area contributed by atoms with Crippen molar-refractivity contribution < 1.29 is 9.59 Å². The molecule has 3 rings (SSSR count). The number of anilines is 1. The number of rotatable bonds is 3. The quantitative estimate of drug-likeness (QED) is 0.526. The van der Waals surface area contributed by atoms with Crippen LogP contribution in [0.3, 0.4) is 0 Å². The van der Waals surface area contributed by atoms with Crippen LogP contribution in [0.1, 0.15) is 12.8 Å². The Morgan fingerprint density at radius 2 is 1.95 bits per heavy atom. The van der Waals surface area contributed by atoms with Crippen LogP contribution in [-0.4, -0.2) is 29.2 Å². The fourth-order valence-electron chi connectivity index (χ4n) is 1.99. The van der Waals surface area contributed by atoms with E-state index in [0.717, 1.165) is 12.8 Å². The van der Waals surface area contributed by atoms with Crippen LogP contribution in [0.15, 0.2) is 29.3 Å². The van der Waals surface area contributed by atoms with Crippen molar-refractivity contribution in [1.29, 1.82) is 0 Å². The van der Waals surface area contributed by atoms with Gasteiger partial charge in [0.15, 0.2) is 11.0 Å². The van der Waals surface area contributed by atoms with Crippen LogP contribution in [0.25, 0.3) is 0 Å². The molecule has 1 N–H and O–H groups in total. The van der Waals surface area contributed by atoms with Crippen molar-refractivity contribution in [2.24, 2.45) is 10.9 Å². The number of carbonyl (C=O) groups is 2. The molecule has 5 nitrogen and oxygen atoms in total. The molecule has 2 fully saturated rings. The molecule has 108 valence electrons. The smallest absolute Gasteiger partial charge is 0.251 e. The van der Waals surface area contributed by atoms with Gasteiger partial charge in [0.2, 0.25) is 5.91 Å². The highest BCUT2D eigenvalue weighted by molar-refractivity contribution is 7.80. The van der Waals surface area contributed by atoms with Crippen molar-refractivity contribution in [3.05, 3.63) is 29.3 Å². The van der Waals surface area contributed by atoms with E-state index in [1.807, 2.05) is 0 Å². The second kappa shape index (κ2) is 5.54. The number of nitrogens with zero attached hydrogens (tertiary/aromatic N) is 2. The minimum Gasteiger partial charge on any atom is -0.301 e. The Labute approximate surface area is 132 Å². The van der Waals surface area contributed by atoms with E-state index in [-0.39, 0.29) is 11.2 Å². The number of hydrogen-bond acceptors (Lipinski definition) is 4. The summed E-state index contributed by atoms with van der Waals surface area (Å²) in [6.45, 7) is 0. The van der Waals surface area contributed by atoms with Crippen LogP contribution in [0.5, 0.6) is 0 Å². The van der Waals surface area contributed by atoms with E-state index in [1.54, 1.807) is 24.3 Å². The molecule has 0 bridgehead atoms. The second-order valence-electron chi connectivity index (χ2n) is 4.95. The van der Waals surface area contributed by atoms with Gasteiger partial charge in [0, 0.05) is 17.3 Å². The third kappa shape index (κ3) is 2.96. The first kappa shape index (κ1) is 14.2. The molecule has 7 heteroatoms. The third-order valence-corrected chi connectivity index (χ3v) is 3.82. The molecule has 1 saturated heterocycles. The average molecular weight is 322 g/mol. The normalized spacial score (nSPS) is 22.8. The Kier molecular flexibility index (Phi) is 3.73. The Balaban J connectivity index is 1.88. The van der Waals surface area contributed by atoms with Gasteiger partial charge in [-0.15, -0.1) is 0 Å². The molecule has 1 saturated carbocycles. The van der Waals surface area contributed by atoms with Gasteiger partial charge in [-0.05, 0) is 49.3 Å². The number of thiocarbonyl (C=S) groups is 1. The molecule has 2 amide bonds. The van der Waals surface area contributed by atoms with Crippen molar-refractivity contribution in [3.8, 4) is 0 Å². The molecule has 1 aliphatic heterocycles. The maximum atomic E-state index is 12.5. The molecule has 2 aliphatic rings. The summed E-state index contributed by atoms with van der Waals surface area (Å²) in [5.74, 6) is -1.76. The van der Waals surface area contributed by atoms with Gasteiger partial charge < -0.3 is 5.32 Å². The number of nitrogens with one attached hydrogen (secondary N) is 1. The molecule has 1 aromatic carbocycles. The van der Waals surface area contributed by atoms with E-state index in [0.29, 0.717) is 10.7 Å². The zero-order valence-electron chi connectivity index (χ0n) is 11.0. The molecular formula is C14H12ClN3O2S. The summed E-state index contributed by atoms with van der Waals surface area (Å²) in [5.41, 5.74) is 0.569. The first-order chi connectivity index (χ1) is 10.1. The van der Waals surface area contributed by atoms with Crippen LogP contribution in [0.2, 0.25) is 5.02 Å². The molecule has 21 heavy (non-hydrogen) atoms. The van der Waals surface area contributed by atoms with Gasteiger partial charge in [0.25, 0.3) is 5.91 Å². The summed E-state index contributed by atoms with van der Waals surface area (Å²) in [4.78, 5) is 30.0. The number of carbonyl (C=O) groups excluding carboxylic acids is 2. The van der Waals surface area contributed by atoms with E-state index in [2.05, 4.69) is 10.3 Å². The lowest BCUT2D eigenvalue weighted by Gasteiger charge is -2.30. The van der Waals surface area contributed by atoms with Gasteiger partial charge in [-0.2, -0.15) is 0 Å². The number of benzene rings is 1. The summed E-state index contributed by atoms with van der Waals surface area (Å²) >= 11 is 10.9. The fourth-order valence-corrected chi connectivity index (χ4v) is 2.41. The molecule has 1 aliphatic carbocycles. The first-order valence-electron chi connectivity index (χ1n) is 6.54. The monoisotopic (exact) mass is 321 g/mol. The second-order valence-corrected chi connectivity index (χ2v) is 5.77. The van der Waals surface area contributed by atoms with Crippen molar-refractivity contribution in [3.63, 3.8) is 0 Å². The van der Waals surface area contributed by atoms with Gasteiger partial charge in [0.05, 0.1) is 5.69 Å². The standard InChI is InChI=1S/C14H12ClN3O2S/c15-8-1-5-10(6-2-8)18-13(20)11(7-16-9-3-4-9)12(19)17-14(18)21/h1-2,5-7,9,11H,3-4H2,(H,17,19,21)/t11-/m1/s1. The van der Waals surface area contributed by atoms with E-state index < -0.39 is 17.7 Å². The lowest BCUT2D eigenvalue weighted by molar-refractivity contribution is -0.130. The van der Waals surface area contributed by atoms with E-state index >= 15 is 0 Å². The number of halogens is 1. The van der Waals surface area contributed by atoms with Gasteiger partial charge in [-0.1, -0.05) is 11.6 Å². The van der Waals surface area contributed by atoms with Crippen LogP contribution in [0, 0.1) is 5.92 Å². The third-order valence-electron chi connectivity index (χ3n) is 3.28. The Hall–Kier alpha value is -1.79. The zero-order valence-corrected chi connectivity index (χ0v) is 12.5. The molecule has 0 spiro atoms. The van der Waals surface area contributed by atoms with Crippen molar-refractivity contribution >= 4 is 52.6 Å². The minimum absolute atomic E-state index is 0.0726. The minimum atomic E-state index is -0.937. The predicted octanol–water partition coefficient (Wildman–Crippen LogP) is 1.94. The number of amides is 2. The van der Waals surface area contributed by atoms with Crippen LogP contribution in [-0.2, 0) is 9.59 Å². The first-order valence-corrected chi connectivity index (χ1v) is 7.32. The Bertz CT molecular complexity index is 640. The maximum absolute atomic E-state index is 12.5. The predicted molar refractivity (Wildman–Crippen MR) is 84.7 cm³/mol. The van der Waals surface area contributed by atoms with Gasteiger partial charge in [0.1, 0.15) is 0 Å². The van der Waals surface area contributed by atoms with Crippen LogP contribution in [0.4, 0.5) is 5.69 Å². The lowest BCUT2D eigenvalue weighted by Crippen LogP contribution is -2.58. The molecule has 1 heterocycles. The summed E-state index contributed by atoms with van der Waals surface area (Å²) in [7, 11) is 0.